The van der Waals surface area contributed by atoms with Gasteiger partial charge < -0.3 is 14.6 Å². The van der Waals surface area contributed by atoms with Gasteiger partial charge in [0.2, 0.25) is 0 Å². The number of likely N-dealkylation sites (N-methyl/N-ethyl adjacent to an activating group) is 1. The SMILES string of the molecule is CN1CCCC(NCc2ccc(Br)o2)C1. The van der Waals surface area contributed by atoms with Crippen molar-refractivity contribution in [1.82, 2.24) is 10.2 Å². The van der Waals surface area contributed by atoms with E-state index in [-0.39, 0.29) is 0 Å². The summed E-state index contributed by atoms with van der Waals surface area (Å²) in [5.41, 5.74) is 0. The second-order valence-corrected chi connectivity index (χ2v) is 4.97. The molecule has 0 spiro atoms. The molecular weight excluding hydrogens is 256 g/mol. The lowest BCUT2D eigenvalue weighted by Gasteiger charge is -2.30. The highest BCUT2D eigenvalue weighted by Gasteiger charge is 2.16. The smallest absolute Gasteiger partial charge is 0.169 e. The van der Waals surface area contributed by atoms with Crippen LogP contribution in [0, 0.1) is 0 Å². The maximum absolute atomic E-state index is 5.44. The number of rotatable bonds is 3. The molecule has 1 aliphatic rings. The third kappa shape index (κ3) is 3.33. The van der Waals surface area contributed by atoms with Crippen molar-refractivity contribution in [2.24, 2.45) is 0 Å². The van der Waals surface area contributed by atoms with Gasteiger partial charge in [-0.05, 0) is 54.5 Å². The van der Waals surface area contributed by atoms with E-state index in [4.69, 9.17) is 4.42 Å². The lowest BCUT2D eigenvalue weighted by atomic mass is 10.1. The molecule has 1 saturated heterocycles. The summed E-state index contributed by atoms with van der Waals surface area (Å²) >= 11 is 3.31. The number of nitrogens with zero attached hydrogens (tertiary/aromatic N) is 1. The largest absolute Gasteiger partial charge is 0.453 e. The number of nitrogens with one attached hydrogen (secondary N) is 1. The molecule has 0 radical (unpaired) electrons. The van der Waals surface area contributed by atoms with E-state index in [1.54, 1.807) is 0 Å². The Balaban J connectivity index is 1.77. The zero-order chi connectivity index (χ0) is 10.7. The van der Waals surface area contributed by atoms with E-state index in [0.29, 0.717) is 6.04 Å². The van der Waals surface area contributed by atoms with Crippen molar-refractivity contribution >= 4 is 15.9 Å². The van der Waals surface area contributed by atoms with Crippen LogP contribution in [0.15, 0.2) is 21.2 Å². The molecule has 1 aromatic heterocycles. The van der Waals surface area contributed by atoms with Crippen LogP contribution in [0.5, 0.6) is 0 Å². The summed E-state index contributed by atoms with van der Waals surface area (Å²) in [6, 6.07) is 4.54. The number of hydrogen-bond acceptors (Lipinski definition) is 3. The van der Waals surface area contributed by atoms with E-state index < -0.39 is 0 Å². The first kappa shape index (κ1) is 11.2. The third-order valence-electron chi connectivity index (χ3n) is 2.82. The average Bonchev–Trinajstić information content (AvgIpc) is 2.62. The molecule has 0 aromatic carbocycles. The summed E-state index contributed by atoms with van der Waals surface area (Å²) in [5, 5.41) is 3.53. The quantitative estimate of drug-likeness (QED) is 0.915. The highest BCUT2D eigenvalue weighted by atomic mass is 79.9. The zero-order valence-electron chi connectivity index (χ0n) is 9.00. The van der Waals surface area contributed by atoms with Crippen LogP contribution < -0.4 is 5.32 Å². The Morgan fingerprint density at radius 1 is 1.60 bits per heavy atom. The molecule has 0 saturated carbocycles. The third-order valence-corrected chi connectivity index (χ3v) is 3.24. The van der Waals surface area contributed by atoms with Crippen molar-refractivity contribution < 1.29 is 4.42 Å². The van der Waals surface area contributed by atoms with Gasteiger partial charge in [0.05, 0.1) is 6.54 Å². The molecule has 3 nitrogen and oxygen atoms in total. The Hall–Kier alpha value is -0.320. The summed E-state index contributed by atoms with van der Waals surface area (Å²) in [5.74, 6) is 0.995. The first-order chi connectivity index (χ1) is 7.24. The van der Waals surface area contributed by atoms with Crippen LogP contribution in [-0.2, 0) is 6.54 Å². The van der Waals surface area contributed by atoms with Crippen molar-refractivity contribution in [3.8, 4) is 0 Å². The lowest BCUT2D eigenvalue weighted by Crippen LogP contribution is -2.43. The predicted octanol–water partition coefficient (Wildman–Crippen LogP) is 2.23. The topological polar surface area (TPSA) is 28.4 Å². The minimum Gasteiger partial charge on any atom is -0.453 e. The van der Waals surface area contributed by atoms with E-state index in [9.17, 15) is 0 Å². The normalized spacial score (nSPS) is 23.2. The van der Waals surface area contributed by atoms with Gasteiger partial charge in [-0.3, -0.25) is 0 Å². The van der Waals surface area contributed by atoms with Crippen LogP contribution in [0.2, 0.25) is 0 Å². The second kappa shape index (κ2) is 5.14. The van der Waals surface area contributed by atoms with Gasteiger partial charge in [0, 0.05) is 12.6 Å². The van der Waals surface area contributed by atoms with Crippen molar-refractivity contribution in [1.29, 1.82) is 0 Å². The van der Waals surface area contributed by atoms with E-state index in [1.165, 1.54) is 19.4 Å². The van der Waals surface area contributed by atoms with Crippen molar-refractivity contribution in [3.63, 3.8) is 0 Å². The zero-order valence-corrected chi connectivity index (χ0v) is 10.6. The molecule has 1 aliphatic heterocycles. The number of furan rings is 1. The highest BCUT2D eigenvalue weighted by Crippen LogP contribution is 2.14. The summed E-state index contributed by atoms with van der Waals surface area (Å²) < 4.78 is 6.25. The maximum atomic E-state index is 5.44. The van der Waals surface area contributed by atoms with Gasteiger partial charge in [0.25, 0.3) is 0 Å². The fourth-order valence-electron chi connectivity index (χ4n) is 2.02. The van der Waals surface area contributed by atoms with E-state index in [2.05, 4.69) is 33.2 Å². The molecule has 0 aliphatic carbocycles. The van der Waals surface area contributed by atoms with Crippen LogP contribution in [0.3, 0.4) is 0 Å². The second-order valence-electron chi connectivity index (χ2n) is 4.19. The summed E-state index contributed by atoms with van der Waals surface area (Å²) in [7, 11) is 2.18. The van der Waals surface area contributed by atoms with E-state index in [1.807, 2.05) is 12.1 Å². The van der Waals surface area contributed by atoms with Crippen LogP contribution in [0.4, 0.5) is 0 Å². The van der Waals surface area contributed by atoms with Gasteiger partial charge in [-0.2, -0.15) is 0 Å². The highest BCUT2D eigenvalue weighted by molar-refractivity contribution is 9.10. The first-order valence-electron chi connectivity index (χ1n) is 5.40. The van der Waals surface area contributed by atoms with Gasteiger partial charge >= 0.3 is 0 Å². The minimum atomic E-state index is 0.604. The monoisotopic (exact) mass is 272 g/mol. The summed E-state index contributed by atoms with van der Waals surface area (Å²) in [6.45, 7) is 3.19. The van der Waals surface area contributed by atoms with Gasteiger partial charge in [-0.1, -0.05) is 0 Å². The van der Waals surface area contributed by atoms with Crippen molar-refractivity contribution in [2.75, 3.05) is 20.1 Å². The minimum absolute atomic E-state index is 0.604. The number of hydrogen-bond donors (Lipinski definition) is 1. The predicted molar refractivity (Wildman–Crippen MR) is 63.8 cm³/mol. The van der Waals surface area contributed by atoms with Gasteiger partial charge in [0.15, 0.2) is 4.67 Å². The molecule has 1 N–H and O–H groups in total. The Bertz CT molecular complexity index is 313. The first-order valence-corrected chi connectivity index (χ1v) is 6.19. The van der Waals surface area contributed by atoms with Crippen LogP contribution in [0.1, 0.15) is 18.6 Å². The van der Waals surface area contributed by atoms with E-state index >= 15 is 0 Å². The number of likely N-dealkylation sites (tertiary alicyclic amines) is 1. The van der Waals surface area contributed by atoms with Gasteiger partial charge in [0.1, 0.15) is 5.76 Å². The Kier molecular flexibility index (Phi) is 3.83. The fraction of sp³-hybridized carbons (Fsp3) is 0.636. The molecule has 1 unspecified atom stereocenters. The van der Waals surface area contributed by atoms with Gasteiger partial charge in [-0.15, -0.1) is 0 Å². The molecule has 2 heterocycles. The van der Waals surface area contributed by atoms with Gasteiger partial charge in [-0.25, -0.2) is 0 Å². The van der Waals surface area contributed by atoms with Crippen molar-refractivity contribution in [2.45, 2.75) is 25.4 Å². The number of piperidine rings is 1. The molecule has 1 fully saturated rings. The molecular formula is C11H17BrN2O. The molecule has 1 atom stereocenters. The summed E-state index contributed by atoms with van der Waals surface area (Å²) in [6.07, 6.45) is 2.56. The van der Waals surface area contributed by atoms with Crippen LogP contribution in [-0.4, -0.2) is 31.1 Å². The summed E-state index contributed by atoms with van der Waals surface area (Å²) in [4.78, 5) is 2.37. The Morgan fingerprint density at radius 3 is 3.13 bits per heavy atom. The van der Waals surface area contributed by atoms with Crippen molar-refractivity contribution in [3.05, 3.63) is 22.6 Å². The molecule has 84 valence electrons. The molecule has 4 heteroatoms. The maximum Gasteiger partial charge on any atom is 0.169 e. The van der Waals surface area contributed by atoms with Crippen LogP contribution in [0.25, 0.3) is 0 Å². The number of halogens is 1. The molecule has 0 amide bonds. The van der Waals surface area contributed by atoms with Crippen LogP contribution >= 0.6 is 15.9 Å². The average molecular weight is 273 g/mol. The Morgan fingerprint density at radius 2 is 2.47 bits per heavy atom. The lowest BCUT2D eigenvalue weighted by molar-refractivity contribution is 0.223. The molecule has 1 aromatic rings. The standard InChI is InChI=1S/C11H17BrN2O/c1-14-6-2-3-9(8-14)13-7-10-4-5-11(12)15-10/h4-5,9,13H,2-3,6-8H2,1H3. The Labute approximate surface area is 99.0 Å². The van der Waals surface area contributed by atoms with E-state index in [0.717, 1.165) is 23.5 Å². The molecule has 2 rings (SSSR count). The molecule has 15 heavy (non-hydrogen) atoms. The fourth-order valence-corrected chi connectivity index (χ4v) is 2.36. The molecule has 0 bridgehead atoms.